The first-order valence-electron chi connectivity index (χ1n) is 6.62. The van der Waals surface area contributed by atoms with E-state index in [2.05, 4.69) is 49.2 Å². The van der Waals surface area contributed by atoms with E-state index >= 15 is 0 Å². The fourth-order valence-electron chi connectivity index (χ4n) is 2.67. The van der Waals surface area contributed by atoms with Crippen molar-refractivity contribution in [3.8, 4) is 17.1 Å². The van der Waals surface area contributed by atoms with Gasteiger partial charge in [0.1, 0.15) is 6.33 Å². The monoisotopic (exact) mass is 457 g/mol. The van der Waals surface area contributed by atoms with E-state index in [4.69, 9.17) is 0 Å². The van der Waals surface area contributed by atoms with Crippen LogP contribution in [0, 0.1) is 26.8 Å². The molecule has 0 radical (unpaired) electrons. The van der Waals surface area contributed by atoms with Crippen molar-refractivity contribution in [3.63, 3.8) is 0 Å². The quantitative estimate of drug-likeness (QED) is 0.550. The molecule has 110 valence electrons. The van der Waals surface area contributed by atoms with Gasteiger partial charge in [-0.05, 0) is 31.9 Å². The predicted octanol–water partition coefficient (Wildman–Crippen LogP) is 3.66. The molecule has 0 aliphatic heterocycles. The second kappa shape index (κ2) is 6.36. The molecule has 4 heteroatoms. The van der Waals surface area contributed by atoms with E-state index in [9.17, 15) is 0 Å². The Bertz CT molecular complexity index is 725. The van der Waals surface area contributed by atoms with Crippen LogP contribution in [0.3, 0.4) is 0 Å². The molecule has 2 aromatic carbocycles. The minimum Gasteiger partial charge on any atom is -0.322 e. The normalized spacial score (nSPS) is 10.2. The largest absolute Gasteiger partial charge is 0.322 e. The van der Waals surface area contributed by atoms with Crippen LogP contribution in [0.25, 0.3) is 17.1 Å². The molecule has 3 aromatic rings. The standard InChI is InChI=1S/C17H16N3.Pt/c1-12-9-13(2)16(14(3)10-12)20-11-18-19-17(20)15-7-5-4-6-8-15;/h4-7,9-11H,1-3H3;/q-1;. The SMILES string of the molecule is Cc1cc(C)c(-n2cnnc2-c2[c-]cccc2)c(C)c1.[Pt]. The van der Waals surface area contributed by atoms with E-state index in [1.165, 1.54) is 16.7 Å². The number of aromatic nitrogens is 3. The van der Waals surface area contributed by atoms with Crippen molar-refractivity contribution >= 4 is 0 Å². The Balaban J connectivity index is 0.00000161. The summed E-state index contributed by atoms with van der Waals surface area (Å²) in [6, 6.07) is 15.4. The van der Waals surface area contributed by atoms with Gasteiger partial charge in [-0.3, -0.25) is 0 Å². The molecule has 0 bridgehead atoms. The minimum atomic E-state index is 0. The van der Waals surface area contributed by atoms with Crippen LogP contribution in [-0.2, 0) is 21.1 Å². The third-order valence-electron chi connectivity index (χ3n) is 3.37. The predicted molar refractivity (Wildman–Crippen MR) is 79.8 cm³/mol. The van der Waals surface area contributed by atoms with Gasteiger partial charge >= 0.3 is 0 Å². The van der Waals surface area contributed by atoms with Crippen LogP contribution < -0.4 is 0 Å². The topological polar surface area (TPSA) is 30.7 Å². The Morgan fingerprint density at radius 3 is 2.38 bits per heavy atom. The van der Waals surface area contributed by atoms with E-state index in [0.717, 1.165) is 17.1 Å². The van der Waals surface area contributed by atoms with E-state index in [1.807, 2.05) is 28.8 Å². The van der Waals surface area contributed by atoms with Crippen molar-refractivity contribution in [2.45, 2.75) is 20.8 Å². The molecule has 0 N–H and O–H groups in total. The van der Waals surface area contributed by atoms with Gasteiger partial charge in [-0.2, -0.15) is 5.10 Å². The van der Waals surface area contributed by atoms with Gasteiger partial charge < -0.3 is 4.57 Å². The van der Waals surface area contributed by atoms with Gasteiger partial charge in [0.25, 0.3) is 0 Å². The molecule has 21 heavy (non-hydrogen) atoms. The molecular weight excluding hydrogens is 441 g/mol. The molecule has 0 spiro atoms. The zero-order valence-corrected chi connectivity index (χ0v) is 14.5. The van der Waals surface area contributed by atoms with Crippen LogP contribution in [0.5, 0.6) is 0 Å². The number of benzene rings is 2. The Kier molecular flexibility index (Phi) is 4.74. The third-order valence-corrected chi connectivity index (χ3v) is 3.37. The Morgan fingerprint density at radius 2 is 1.76 bits per heavy atom. The second-order valence-corrected chi connectivity index (χ2v) is 5.05. The van der Waals surface area contributed by atoms with Crippen LogP contribution >= 0.6 is 0 Å². The first-order chi connectivity index (χ1) is 9.66. The molecule has 1 heterocycles. The second-order valence-electron chi connectivity index (χ2n) is 5.05. The summed E-state index contributed by atoms with van der Waals surface area (Å²) >= 11 is 0. The maximum atomic E-state index is 4.25. The summed E-state index contributed by atoms with van der Waals surface area (Å²) < 4.78 is 2.04. The molecular formula is C17H16N3Pt-. The van der Waals surface area contributed by atoms with Crippen LogP contribution in [0.1, 0.15) is 16.7 Å². The summed E-state index contributed by atoms with van der Waals surface area (Å²) in [6.45, 7) is 6.35. The third kappa shape index (κ3) is 2.98. The zero-order valence-electron chi connectivity index (χ0n) is 12.2. The van der Waals surface area contributed by atoms with Crippen molar-refractivity contribution in [1.82, 2.24) is 14.8 Å². The van der Waals surface area contributed by atoms with Crippen LogP contribution in [-0.4, -0.2) is 14.8 Å². The van der Waals surface area contributed by atoms with Gasteiger partial charge in [0.15, 0.2) is 0 Å². The number of aryl methyl sites for hydroxylation is 3. The number of rotatable bonds is 2. The number of hydrogen-bond donors (Lipinski definition) is 0. The summed E-state index contributed by atoms with van der Waals surface area (Å²) in [5.41, 5.74) is 5.81. The fraction of sp³-hybridized carbons (Fsp3) is 0.176. The maximum absolute atomic E-state index is 4.25. The minimum absolute atomic E-state index is 0. The van der Waals surface area contributed by atoms with E-state index in [-0.39, 0.29) is 21.1 Å². The van der Waals surface area contributed by atoms with Crippen molar-refractivity contribution in [3.05, 3.63) is 65.5 Å². The van der Waals surface area contributed by atoms with Crippen LogP contribution in [0.15, 0.2) is 42.7 Å². The average molecular weight is 457 g/mol. The van der Waals surface area contributed by atoms with Crippen LogP contribution in [0.4, 0.5) is 0 Å². The van der Waals surface area contributed by atoms with E-state index in [0.29, 0.717) is 0 Å². The van der Waals surface area contributed by atoms with Gasteiger partial charge in [-0.25, -0.2) is 0 Å². The van der Waals surface area contributed by atoms with Gasteiger partial charge in [0.05, 0.1) is 5.82 Å². The summed E-state index contributed by atoms with van der Waals surface area (Å²) in [5.74, 6) is 0.820. The maximum Gasteiger partial charge on any atom is 0.114 e. The number of hydrogen-bond acceptors (Lipinski definition) is 2. The van der Waals surface area contributed by atoms with E-state index in [1.54, 1.807) is 6.33 Å². The first kappa shape index (κ1) is 15.7. The smallest absolute Gasteiger partial charge is 0.114 e. The Morgan fingerprint density at radius 1 is 1.05 bits per heavy atom. The molecule has 0 saturated carbocycles. The molecule has 3 rings (SSSR count). The van der Waals surface area contributed by atoms with Crippen molar-refractivity contribution in [2.24, 2.45) is 0 Å². The van der Waals surface area contributed by atoms with Crippen molar-refractivity contribution in [1.29, 1.82) is 0 Å². The van der Waals surface area contributed by atoms with Crippen molar-refractivity contribution in [2.75, 3.05) is 0 Å². The molecule has 0 fully saturated rings. The summed E-state index contributed by atoms with van der Waals surface area (Å²) in [6.07, 6.45) is 1.76. The van der Waals surface area contributed by atoms with Crippen LogP contribution in [0.2, 0.25) is 0 Å². The molecule has 0 saturated heterocycles. The zero-order chi connectivity index (χ0) is 14.1. The van der Waals surface area contributed by atoms with Gasteiger partial charge in [-0.15, -0.1) is 41.0 Å². The summed E-state index contributed by atoms with van der Waals surface area (Å²) in [5, 5.41) is 8.32. The van der Waals surface area contributed by atoms with Gasteiger partial charge in [-0.1, -0.05) is 17.7 Å². The molecule has 0 amide bonds. The number of nitrogens with zero attached hydrogens (tertiary/aromatic N) is 3. The average Bonchev–Trinajstić information content (AvgIpc) is 2.87. The summed E-state index contributed by atoms with van der Waals surface area (Å²) in [7, 11) is 0. The molecule has 0 unspecified atom stereocenters. The summed E-state index contributed by atoms with van der Waals surface area (Å²) in [4.78, 5) is 0. The van der Waals surface area contributed by atoms with E-state index < -0.39 is 0 Å². The fourth-order valence-corrected chi connectivity index (χ4v) is 2.67. The Labute approximate surface area is 139 Å². The molecule has 3 nitrogen and oxygen atoms in total. The van der Waals surface area contributed by atoms with Gasteiger partial charge in [0, 0.05) is 26.8 Å². The molecule has 0 atom stereocenters. The molecule has 0 aliphatic carbocycles. The molecule has 0 aliphatic rings. The Hall–Kier alpha value is -1.73. The van der Waals surface area contributed by atoms with Crippen molar-refractivity contribution < 1.29 is 21.1 Å². The van der Waals surface area contributed by atoms with Gasteiger partial charge in [0.2, 0.25) is 0 Å². The first-order valence-corrected chi connectivity index (χ1v) is 6.62. The molecule has 1 aromatic heterocycles.